The Bertz CT molecular complexity index is 2530. The number of hydrogen-bond donors (Lipinski definition) is 3. The first-order valence-corrected chi connectivity index (χ1v) is 21.2. The minimum atomic E-state index is -4.56. The number of fused-ring (bicyclic) bond motifs is 1. The molecule has 5 unspecified atom stereocenters. The van der Waals surface area contributed by atoms with Gasteiger partial charge in [-0.2, -0.15) is 5.26 Å². The van der Waals surface area contributed by atoms with Crippen molar-refractivity contribution in [1.82, 2.24) is 25.2 Å². The number of aromatic nitrogens is 1. The van der Waals surface area contributed by atoms with E-state index in [0.717, 1.165) is 5.56 Å². The molecule has 6 rings (SSSR count). The number of nitrogens with one attached hydrogen (secondary N) is 3. The van der Waals surface area contributed by atoms with Gasteiger partial charge >= 0.3 is 6.09 Å². The van der Waals surface area contributed by atoms with E-state index in [4.69, 9.17) is 19.2 Å². The standard InChI is InChI=1S/C45H50N6O9S/c1-9-29-24-45(29,41(54)50-61(56,57)37-18-14-13-17-28(37)25-46)49-39(52)35-22-31(26-51(35)40(53)38(43(2,3)4)48-42(55)60-44(5,6)7)59-36-23-33(27-15-11-10-12-16-27)47-34-21-30(58-8)19-20-32(34)36/h9-21,23,29,31,35,38H,1,22,24,26H2,2-8H3,(H,48,55)(H,49,52)(H,50,54). The molecule has 2 heterocycles. The second kappa shape index (κ2) is 16.9. The van der Waals surface area contributed by atoms with Crippen molar-refractivity contribution >= 4 is 44.7 Å². The normalized spacial score (nSPS) is 20.4. The number of nitriles is 1. The Hall–Kier alpha value is -6.47. The van der Waals surface area contributed by atoms with Crippen molar-refractivity contribution in [2.45, 2.75) is 88.6 Å². The quantitative estimate of drug-likeness (QED) is 0.149. The first-order chi connectivity index (χ1) is 28.7. The molecule has 5 atom stereocenters. The molecule has 1 saturated heterocycles. The number of nitrogens with zero attached hydrogens (tertiary/aromatic N) is 3. The zero-order chi connectivity index (χ0) is 44.5. The summed E-state index contributed by atoms with van der Waals surface area (Å²) in [6.45, 7) is 14.0. The second-order valence-electron chi connectivity index (χ2n) is 17.2. The number of methoxy groups -OCH3 is 1. The van der Waals surface area contributed by atoms with Crippen LogP contribution in [0.5, 0.6) is 11.5 Å². The third kappa shape index (κ3) is 9.62. The molecule has 1 aromatic heterocycles. The van der Waals surface area contributed by atoms with E-state index in [0.29, 0.717) is 28.1 Å². The van der Waals surface area contributed by atoms with Crippen molar-refractivity contribution in [1.29, 1.82) is 5.26 Å². The lowest BCUT2D eigenvalue weighted by Gasteiger charge is -2.36. The van der Waals surface area contributed by atoms with Gasteiger partial charge in [0.05, 0.1) is 30.4 Å². The zero-order valence-electron chi connectivity index (χ0n) is 35.1. The molecule has 4 aromatic rings. The number of amides is 4. The maximum atomic E-state index is 14.8. The Labute approximate surface area is 355 Å². The number of likely N-dealkylation sites (tertiary alicyclic amines) is 1. The van der Waals surface area contributed by atoms with Crippen LogP contribution < -0.4 is 24.8 Å². The molecule has 1 aliphatic carbocycles. The molecular formula is C45H50N6O9S. The minimum absolute atomic E-state index is 0.0175. The van der Waals surface area contributed by atoms with Crippen molar-refractivity contribution in [3.63, 3.8) is 0 Å². The van der Waals surface area contributed by atoms with Crippen molar-refractivity contribution in [3.05, 3.63) is 97.1 Å². The predicted molar refractivity (Wildman–Crippen MR) is 227 cm³/mol. The summed E-state index contributed by atoms with van der Waals surface area (Å²) in [6.07, 6.45) is -0.217. The van der Waals surface area contributed by atoms with Gasteiger partial charge in [-0.1, -0.05) is 69.3 Å². The molecule has 3 aromatic carbocycles. The van der Waals surface area contributed by atoms with Crippen LogP contribution in [0.1, 0.15) is 59.9 Å². The maximum absolute atomic E-state index is 14.8. The van der Waals surface area contributed by atoms with Crippen molar-refractivity contribution in [2.75, 3.05) is 13.7 Å². The Morgan fingerprint density at radius 2 is 1.69 bits per heavy atom. The molecule has 0 radical (unpaired) electrons. The van der Waals surface area contributed by atoms with E-state index in [9.17, 15) is 32.9 Å². The van der Waals surface area contributed by atoms with E-state index in [-0.39, 0.29) is 24.9 Å². The SMILES string of the molecule is C=CC1CC1(NC(=O)C1CC(Oc2cc(-c3ccccc3)nc3cc(OC)ccc23)CN1C(=O)C(NC(=O)OC(C)(C)C)C(C)(C)C)C(=O)NS(=O)(=O)c1ccccc1C#N. The fourth-order valence-electron chi connectivity index (χ4n) is 7.35. The Morgan fingerprint density at radius 3 is 2.31 bits per heavy atom. The summed E-state index contributed by atoms with van der Waals surface area (Å²) in [6, 6.07) is 21.4. The van der Waals surface area contributed by atoms with Crippen LogP contribution in [0, 0.1) is 22.7 Å². The van der Waals surface area contributed by atoms with Gasteiger partial charge in [0.2, 0.25) is 11.8 Å². The highest BCUT2D eigenvalue weighted by atomic mass is 32.2. The van der Waals surface area contributed by atoms with Gasteiger partial charge in [0.1, 0.15) is 51.8 Å². The smallest absolute Gasteiger partial charge is 0.408 e. The lowest BCUT2D eigenvalue weighted by molar-refractivity contribution is -0.143. The van der Waals surface area contributed by atoms with E-state index < -0.39 is 79.4 Å². The maximum Gasteiger partial charge on any atom is 0.408 e. The molecule has 0 bridgehead atoms. The van der Waals surface area contributed by atoms with Gasteiger partial charge in [-0.25, -0.2) is 22.9 Å². The van der Waals surface area contributed by atoms with Crippen LogP contribution in [0.25, 0.3) is 22.2 Å². The van der Waals surface area contributed by atoms with E-state index in [1.54, 1.807) is 66.9 Å². The highest BCUT2D eigenvalue weighted by Crippen LogP contribution is 2.45. The molecule has 1 saturated carbocycles. The number of pyridine rings is 1. The third-order valence-corrected chi connectivity index (χ3v) is 11.9. The number of hydrogen-bond acceptors (Lipinski definition) is 11. The summed E-state index contributed by atoms with van der Waals surface area (Å²) in [7, 11) is -3.00. The van der Waals surface area contributed by atoms with Crippen LogP contribution in [-0.2, 0) is 29.1 Å². The molecule has 2 aliphatic rings. The van der Waals surface area contributed by atoms with E-state index in [1.165, 1.54) is 35.2 Å². The molecule has 0 spiro atoms. The largest absolute Gasteiger partial charge is 0.497 e. The monoisotopic (exact) mass is 850 g/mol. The first kappa shape index (κ1) is 44.1. The van der Waals surface area contributed by atoms with Crippen LogP contribution in [0.3, 0.4) is 0 Å². The van der Waals surface area contributed by atoms with Crippen LogP contribution in [0.15, 0.2) is 96.4 Å². The van der Waals surface area contributed by atoms with Crippen molar-refractivity contribution in [3.8, 4) is 28.8 Å². The average Bonchev–Trinajstić information content (AvgIpc) is 3.77. The summed E-state index contributed by atoms with van der Waals surface area (Å²) < 4.78 is 46.6. The van der Waals surface area contributed by atoms with Gasteiger partial charge in [-0.15, -0.1) is 6.58 Å². The summed E-state index contributed by atoms with van der Waals surface area (Å²) in [5.41, 5.74) is -1.66. The molecule has 61 heavy (non-hydrogen) atoms. The molecule has 2 fully saturated rings. The molecule has 4 amide bonds. The summed E-state index contributed by atoms with van der Waals surface area (Å²) >= 11 is 0. The van der Waals surface area contributed by atoms with Gasteiger partial charge in [0, 0.05) is 35.4 Å². The van der Waals surface area contributed by atoms with Crippen LogP contribution in [0.2, 0.25) is 0 Å². The highest BCUT2D eigenvalue weighted by molar-refractivity contribution is 7.90. The molecule has 320 valence electrons. The number of rotatable bonds is 12. The first-order valence-electron chi connectivity index (χ1n) is 19.7. The Balaban J connectivity index is 1.36. The van der Waals surface area contributed by atoms with Gasteiger partial charge in [-0.3, -0.25) is 14.4 Å². The van der Waals surface area contributed by atoms with Gasteiger partial charge in [-0.05, 0) is 56.9 Å². The molecule has 16 heteroatoms. The van der Waals surface area contributed by atoms with E-state index >= 15 is 0 Å². The topological polar surface area (TPSA) is 206 Å². The molecular weight excluding hydrogens is 801 g/mol. The Morgan fingerprint density at radius 1 is 1.00 bits per heavy atom. The average molecular weight is 851 g/mol. The molecule has 3 N–H and O–H groups in total. The van der Waals surface area contributed by atoms with Gasteiger partial charge in [0.15, 0.2) is 0 Å². The zero-order valence-corrected chi connectivity index (χ0v) is 36.0. The second-order valence-corrected chi connectivity index (χ2v) is 18.9. The van der Waals surface area contributed by atoms with Crippen LogP contribution in [-0.4, -0.2) is 85.1 Å². The number of carbonyl (C=O) groups excluding carboxylic acids is 4. The summed E-state index contributed by atoms with van der Waals surface area (Å²) in [5.74, 6) is -2.06. The van der Waals surface area contributed by atoms with Crippen LogP contribution >= 0.6 is 0 Å². The third-order valence-electron chi connectivity index (χ3n) is 10.5. The summed E-state index contributed by atoms with van der Waals surface area (Å²) in [5, 5.41) is 15.7. The molecule has 1 aliphatic heterocycles. The fourth-order valence-corrected chi connectivity index (χ4v) is 8.55. The van der Waals surface area contributed by atoms with Gasteiger partial charge in [0.25, 0.3) is 15.9 Å². The number of benzene rings is 3. The summed E-state index contributed by atoms with van der Waals surface area (Å²) in [4.78, 5) is 62.2. The predicted octanol–water partition coefficient (Wildman–Crippen LogP) is 5.64. The number of alkyl carbamates (subject to hydrolysis) is 1. The number of sulfonamides is 1. The molecule has 15 nitrogen and oxygen atoms in total. The van der Waals surface area contributed by atoms with E-state index in [2.05, 4.69) is 17.2 Å². The van der Waals surface area contributed by atoms with E-state index in [1.807, 2.05) is 47.2 Å². The fraction of sp³-hybridized carbons (Fsp3) is 0.378. The number of carbonyl (C=O) groups is 4. The highest BCUT2D eigenvalue weighted by Gasteiger charge is 2.61. The van der Waals surface area contributed by atoms with Gasteiger partial charge < -0.3 is 29.7 Å². The lowest BCUT2D eigenvalue weighted by Crippen LogP contribution is -2.60. The Kier molecular flexibility index (Phi) is 12.2. The lowest BCUT2D eigenvalue weighted by atomic mass is 9.85. The van der Waals surface area contributed by atoms with Crippen LogP contribution in [0.4, 0.5) is 4.79 Å². The van der Waals surface area contributed by atoms with Crippen molar-refractivity contribution < 1.29 is 41.8 Å². The minimum Gasteiger partial charge on any atom is -0.497 e. The van der Waals surface area contributed by atoms with Crippen molar-refractivity contribution in [2.24, 2.45) is 11.3 Å². The number of ether oxygens (including phenoxy) is 3.